The molecule has 3 aromatic rings. The molecule has 2 aliphatic rings. The van der Waals surface area contributed by atoms with Gasteiger partial charge in [-0.15, -0.1) is 0 Å². The number of benzene rings is 3. The van der Waals surface area contributed by atoms with E-state index in [1.54, 1.807) is 0 Å². The van der Waals surface area contributed by atoms with Crippen LogP contribution in [0.2, 0.25) is 0 Å². The Bertz CT molecular complexity index is 1360. The maximum atomic E-state index is 12.5. The molecule has 0 unspecified atom stereocenters. The van der Waals surface area contributed by atoms with Gasteiger partial charge in [-0.1, -0.05) is 24.3 Å². The van der Waals surface area contributed by atoms with Crippen molar-refractivity contribution in [3.8, 4) is 23.0 Å². The van der Waals surface area contributed by atoms with E-state index < -0.39 is 11.9 Å². The number of ether oxygens (including phenoxy) is 12. The first-order valence-electron chi connectivity index (χ1n) is 16.5. The second-order valence-corrected chi connectivity index (χ2v) is 10.5. The van der Waals surface area contributed by atoms with Crippen LogP contribution in [0.1, 0.15) is 20.7 Å². The van der Waals surface area contributed by atoms with Crippen LogP contribution >= 0.6 is 0 Å². The fourth-order valence-corrected chi connectivity index (χ4v) is 4.78. The summed E-state index contributed by atoms with van der Waals surface area (Å²) in [5.74, 6) is 0.349. The summed E-state index contributed by atoms with van der Waals surface area (Å²) >= 11 is 0. The Balaban J connectivity index is 1.31. The third kappa shape index (κ3) is 12.6. The molecule has 0 fully saturated rings. The Labute approximate surface area is 291 Å². The number of hydrogen-bond acceptors (Lipinski definition) is 14. The molecule has 274 valence electrons. The van der Waals surface area contributed by atoms with E-state index in [4.69, 9.17) is 56.8 Å². The van der Waals surface area contributed by atoms with E-state index >= 15 is 0 Å². The summed E-state index contributed by atoms with van der Waals surface area (Å²) in [6.07, 6.45) is 0. The molecule has 2 heterocycles. The summed E-state index contributed by atoms with van der Waals surface area (Å²) in [5, 5.41) is 1.90. The number of rotatable bonds is 2. The van der Waals surface area contributed by atoms with Crippen LogP contribution in [-0.4, -0.2) is 132 Å². The first kappa shape index (κ1) is 38.6. The first-order chi connectivity index (χ1) is 24.6. The minimum atomic E-state index is -0.663. The first-order valence-corrected chi connectivity index (χ1v) is 16.5. The van der Waals surface area contributed by atoms with Crippen molar-refractivity contribution in [2.24, 2.45) is 0 Å². The van der Waals surface area contributed by atoms with Crippen LogP contribution < -0.4 is 18.9 Å². The number of carbonyl (C=O) groups excluding carboxylic acids is 2. The molecular weight excluding hydrogens is 656 g/mol. The van der Waals surface area contributed by atoms with E-state index in [9.17, 15) is 9.59 Å². The number of esters is 2. The fraction of sp³-hybridized carbons (Fsp3) is 0.500. The highest BCUT2D eigenvalue weighted by atomic mass is 16.6. The summed E-state index contributed by atoms with van der Waals surface area (Å²) in [6, 6.07) is 14.5. The van der Waals surface area contributed by atoms with Gasteiger partial charge in [-0.25, -0.2) is 9.59 Å². The van der Waals surface area contributed by atoms with Crippen LogP contribution in [0, 0.1) is 0 Å². The van der Waals surface area contributed by atoms with Gasteiger partial charge in [-0.2, -0.15) is 0 Å². The average molecular weight is 703 g/mol. The summed E-state index contributed by atoms with van der Waals surface area (Å²) < 4.78 is 67.2. The second kappa shape index (κ2) is 22.5. The molecule has 14 nitrogen and oxygen atoms in total. The highest BCUT2D eigenvalue weighted by Crippen LogP contribution is 2.34. The smallest absolute Gasteiger partial charge is 0.341 e. The lowest BCUT2D eigenvalue weighted by Gasteiger charge is -2.16. The number of hydrogen-bond donors (Lipinski definition) is 0. The summed E-state index contributed by atoms with van der Waals surface area (Å²) in [7, 11) is 2.50. The number of fused-ring (bicyclic) bond motifs is 26. The molecule has 0 aromatic heterocycles. The highest BCUT2D eigenvalue weighted by molar-refractivity contribution is 5.98. The van der Waals surface area contributed by atoms with Crippen molar-refractivity contribution in [3.63, 3.8) is 0 Å². The maximum absolute atomic E-state index is 12.5. The lowest BCUT2D eigenvalue weighted by Crippen LogP contribution is -2.16. The van der Waals surface area contributed by atoms with Crippen LogP contribution in [-0.2, 0) is 37.9 Å². The molecule has 0 saturated heterocycles. The van der Waals surface area contributed by atoms with Gasteiger partial charge in [0.25, 0.3) is 0 Å². The maximum Gasteiger partial charge on any atom is 0.341 e. The van der Waals surface area contributed by atoms with Crippen LogP contribution in [0.3, 0.4) is 0 Å². The standard InChI is InChI=1S/C36H46O14/c1-39-35(37)28-25-33-29(36(38)40-2)26-32(28)49-23-19-45-15-11-41-9-13-43-17-21-47-30-7-3-5-27-6-4-8-31(34(27)30)48-22-18-44-14-10-42-12-16-46-20-24-50-33/h3-8,25-26H,9-24H2,1-2H3. The summed E-state index contributed by atoms with van der Waals surface area (Å²) in [5.41, 5.74) is 0.158. The van der Waals surface area contributed by atoms with Crippen molar-refractivity contribution in [1.29, 1.82) is 0 Å². The van der Waals surface area contributed by atoms with E-state index in [1.165, 1.54) is 26.4 Å². The molecule has 0 amide bonds. The third-order valence-electron chi connectivity index (χ3n) is 7.15. The second-order valence-electron chi connectivity index (χ2n) is 10.5. The van der Waals surface area contributed by atoms with Gasteiger partial charge in [-0.05, 0) is 29.7 Å². The number of methoxy groups -OCH3 is 2. The molecule has 5 rings (SSSR count). The van der Waals surface area contributed by atoms with Gasteiger partial charge in [0, 0.05) is 0 Å². The van der Waals surface area contributed by atoms with Crippen molar-refractivity contribution in [1.82, 2.24) is 0 Å². The number of carbonyl (C=O) groups is 2. The van der Waals surface area contributed by atoms with E-state index in [2.05, 4.69) is 0 Å². The molecule has 14 heteroatoms. The predicted octanol–water partition coefficient (Wildman–Crippen LogP) is 3.74. The lowest BCUT2D eigenvalue weighted by atomic mass is 10.1. The zero-order chi connectivity index (χ0) is 35.2. The molecule has 2 bridgehead atoms. The molecule has 0 N–H and O–H groups in total. The van der Waals surface area contributed by atoms with E-state index in [-0.39, 0.29) is 49.1 Å². The van der Waals surface area contributed by atoms with Gasteiger partial charge in [0.05, 0.1) is 98.9 Å². The predicted molar refractivity (Wildman–Crippen MR) is 180 cm³/mol. The van der Waals surface area contributed by atoms with Gasteiger partial charge in [-0.3, -0.25) is 0 Å². The Morgan fingerprint density at radius 1 is 0.440 bits per heavy atom. The summed E-state index contributed by atoms with van der Waals surface area (Å²) in [6.45, 7) is 5.02. The van der Waals surface area contributed by atoms with Gasteiger partial charge in [0.1, 0.15) is 60.6 Å². The van der Waals surface area contributed by atoms with E-state index in [1.807, 2.05) is 36.4 Å². The van der Waals surface area contributed by atoms with Crippen molar-refractivity contribution in [3.05, 3.63) is 59.7 Å². The Morgan fingerprint density at radius 2 is 0.740 bits per heavy atom. The average Bonchev–Trinajstić information content (AvgIpc) is 3.14. The van der Waals surface area contributed by atoms with Crippen LogP contribution in [0.25, 0.3) is 10.8 Å². The normalized spacial score (nSPS) is 17.2. The Hall–Kier alpha value is -4.18. The molecule has 0 aliphatic carbocycles. The minimum absolute atomic E-state index is 0.0789. The lowest BCUT2D eigenvalue weighted by molar-refractivity contribution is 0.00493. The molecule has 50 heavy (non-hydrogen) atoms. The monoisotopic (exact) mass is 702 g/mol. The SMILES string of the molecule is COC(=O)c1cc2c(C(=O)OC)cc1OCCOCCOCCOCCOc1cccc3cccc(c13)OCCOCCOCCOCCO2. The van der Waals surface area contributed by atoms with Crippen molar-refractivity contribution >= 4 is 22.7 Å². The minimum Gasteiger partial charge on any atom is -0.490 e. The van der Waals surface area contributed by atoms with Gasteiger partial charge < -0.3 is 56.8 Å². The highest BCUT2D eigenvalue weighted by Gasteiger charge is 2.23. The van der Waals surface area contributed by atoms with Gasteiger partial charge in [0.2, 0.25) is 0 Å². The summed E-state index contributed by atoms with van der Waals surface area (Å²) in [4.78, 5) is 25.1. The van der Waals surface area contributed by atoms with E-state index in [0.29, 0.717) is 90.8 Å². The fourth-order valence-electron chi connectivity index (χ4n) is 4.78. The van der Waals surface area contributed by atoms with Crippen LogP contribution in [0.4, 0.5) is 0 Å². The third-order valence-corrected chi connectivity index (χ3v) is 7.15. The van der Waals surface area contributed by atoms with Gasteiger partial charge >= 0.3 is 11.9 Å². The van der Waals surface area contributed by atoms with Gasteiger partial charge in [0.15, 0.2) is 0 Å². The van der Waals surface area contributed by atoms with E-state index in [0.717, 1.165) is 10.8 Å². The molecule has 0 radical (unpaired) electrons. The molecule has 3 aromatic carbocycles. The van der Waals surface area contributed by atoms with Crippen molar-refractivity contribution in [2.75, 3.05) is 120 Å². The zero-order valence-electron chi connectivity index (χ0n) is 28.6. The van der Waals surface area contributed by atoms with Crippen LogP contribution in [0.5, 0.6) is 23.0 Å². The molecule has 0 atom stereocenters. The zero-order valence-corrected chi connectivity index (χ0v) is 28.6. The molecular formula is C36H46O14. The van der Waals surface area contributed by atoms with Crippen molar-refractivity contribution < 1.29 is 66.4 Å². The molecule has 2 aliphatic heterocycles. The van der Waals surface area contributed by atoms with Crippen LogP contribution in [0.15, 0.2) is 48.5 Å². The molecule has 0 saturated carbocycles. The molecule has 0 spiro atoms. The largest absolute Gasteiger partial charge is 0.490 e. The topological polar surface area (TPSA) is 145 Å². The Morgan fingerprint density at radius 3 is 1.06 bits per heavy atom. The Kier molecular flexibility index (Phi) is 17.4. The quantitative estimate of drug-likeness (QED) is 0.282. The van der Waals surface area contributed by atoms with Crippen molar-refractivity contribution in [2.45, 2.75) is 0 Å².